The minimum absolute atomic E-state index is 0. The molecule has 0 unspecified atom stereocenters. The summed E-state index contributed by atoms with van der Waals surface area (Å²) in [5, 5.41) is 7.41. The first-order valence-corrected chi connectivity index (χ1v) is 10.5. The van der Waals surface area contributed by atoms with Crippen LogP contribution in [-0.2, 0) is 10.0 Å². The standard InChI is InChI=1S/C18H25N3O3S.ClH/c1-2-25(22,23)21-16-10-8-14(9-11-16)13-19-18-12-17(24-20-18)15-6-4-3-5-7-15;/h3-7,12,14,16,21H,2,8-11,13H2,1H3,(H,19,20);1H. The fourth-order valence-corrected chi connectivity index (χ4v) is 4.08. The molecular formula is C18H26ClN3O3S. The quantitative estimate of drug-likeness (QED) is 0.741. The first-order chi connectivity index (χ1) is 12.1. The molecule has 0 amide bonds. The topological polar surface area (TPSA) is 84.2 Å². The zero-order valence-electron chi connectivity index (χ0n) is 14.8. The number of rotatable bonds is 7. The monoisotopic (exact) mass is 399 g/mol. The van der Waals surface area contributed by atoms with Crippen molar-refractivity contribution in [1.82, 2.24) is 9.88 Å². The molecule has 6 nitrogen and oxygen atoms in total. The zero-order valence-corrected chi connectivity index (χ0v) is 16.5. The van der Waals surface area contributed by atoms with E-state index in [4.69, 9.17) is 4.52 Å². The van der Waals surface area contributed by atoms with E-state index in [0.29, 0.717) is 5.92 Å². The van der Waals surface area contributed by atoms with Crippen LogP contribution in [0.2, 0.25) is 0 Å². The van der Waals surface area contributed by atoms with Crippen LogP contribution in [0.5, 0.6) is 0 Å². The van der Waals surface area contributed by atoms with Crippen molar-refractivity contribution in [2.45, 2.75) is 38.6 Å². The average molecular weight is 400 g/mol. The Kier molecular flexibility index (Phi) is 7.49. The van der Waals surface area contributed by atoms with Gasteiger partial charge in [-0.05, 0) is 38.5 Å². The number of nitrogens with one attached hydrogen (secondary N) is 2. The van der Waals surface area contributed by atoms with Crippen molar-refractivity contribution >= 4 is 28.2 Å². The average Bonchev–Trinajstić information content (AvgIpc) is 3.11. The van der Waals surface area contributed by atoms with E-state index in [1.807, 2.05) is 36.4 Å². The van der Waals surface area contributed by atoms with Crippen LogP contribution in [0, 0.1) is 5.92 Å². The Morgan fingerprint density at radius 3 is 2.50 bits per heavy atom. The van der Waals surface area contributed by atoms with Crippen LogP contribution in [0.3, 0.4) is 0 Å². The minimum atomic E-state index is -3.10. The Hall–Kier alpha value is -1.57. The molecule has 26 heavy (non-hydrogen) atoms. The van der Waals surface area contributed by atoms with E-state index in [2.05, 4.69) is 15.2 Å². The number of hydrogen-bond donors (Lipinski definition) is 2. The molecule has 0 spiro atoms. The maximum atomic E-state index is 11.6. The number of hydrogen-bond acceptors (Lipinski definition) is 5. The summed E-state index contributed by atoms with van der Waals surface area (Å²) in [4.78, 5) is 0. The lowest BCUT2D eigenvalue weighted by molar-refractivity contribution is 0.323. The molecule has 2 N–H and O–H groups in total. The molecule has 2 aromatic rings. The van der Waals surface area contributed by atoms with E-state index < -0.39 is 10.0 Å². The fourth-order valence-electron chi connectivity index (χ4n) is 3.17. The third-order valence-corrected chi connectivity index (χ3v) is 6.17. The van der Waals surface area contributed by atoms with Crippen molar-refractivity contribution in [1.29, 1.82) is 0 Å². The smallest absolute Gasteiger partial charge is 0.211 e. The largest absolute Gasteiger partial charge is 0.367 e. The van der Waals surface area contributed by atoms with Gasteiger partial charge in [-0.1, -0.05) is 35.5 Å². The Morgan fingerprint density at radius 1 is 1.15 bits per heavy atom. The molecular weight excluding hydrogens is 374 g/mol. The Morgan fingerprint density at radius 2 is 1.85 bits per heavy atom. The summed E-state index contributed by atoms with van der Waals surface area (Å²) < 4.78 is 31.4. The van der Waals surface area contributed by atoms with Gasteiger partial charge in [0.05, 0.1) is 5.75 Å². The molecule has 1 fully saturated rings. The van der Waals surface area contributed by atoms with Crippen LogP contribution in [0.4, 0.5) is 5.82 Å². The van der Waals surface area contributed by atoms with Crippen LogP contribution >= 0.6 is 12.4 Å². The Balaban J connectivity index is 0.00000243. The van der Waals surface area contributed by atoms with Crippen molar-refractivity contribution in [3.05, 3.63) is 36.4 Å². The molecule has 1 aliphatic rings. The number of benzene rings is 1. The van der Waals surface area contributed by atoms with Crippen molar-refractivity contribution in [2.75, 3.05) is 17.6 Å². The van der Waals surface area contributed by atoms with Gasteiger partial charge in [0.15, 0.2) is 11.6 Å². The lowest BCUT2D eigenvalue weighted by Crippen LogP contribution is -2.39. The summed E-state index contributed by atoms with van der Waals surface area (Å²) in [6, 6.07) is 11.9. The van der Waals surface area contributed by atoms with Gasteiger partial charge in [0.2, 0.25) is 10.0 Å². The molecule has 1 saturated carbocycles. The third-order valence-electron chi connectivity index (χ3n) is 4.71. The summed E-state index contributed by atoms with van der Waals surface area (Å²) in [5.41, 5.74) is 1.01. The Labute approximate surface area is 161 Å². The molecule has 1 aromatic carbocycles. The van der Waals surface area contributed by atoms with Gasteiger partial charge in [-0.15, -0.1) is 12.4 Å². The second-order valence-corrected chi connectivity index (χ2v) is 8.60. The predicted molar refractivity (Wildman–Crippen MR) is 106 cm³/mol. The van der Waals surface area contributed by atoms with Crippen LogP contribution in [0.25, 0.3) is 11.3 Å². The first-order valence-electron chi connectivity index (χ1n) is 8.82. The van der Waals surface area contributed by atoms with Gasteiger partial charge < -0.3 is 9.84 Å². The molecule has 0 bridgehead atoms. The summed E-state index contributed by atoms with van der Waals surface area (Å²) >= 11 is 0. The fraction of sp³-hybridized carbons (Fsp3) is 0.500. The highest BCUT2D eigenvalue weighted by molar-refractivity contribution is 7.89. The van der Waals surface area contributed by atoms with Crippen molar-refractivity contribution in [3.8, 4) is 11.3 Å². The van der Waals surface area contributed by atoms with Crippen molar-refractivity contribution in [2.24, 2.45) is 5.92 Å². The first kappa shape index (κ1) is 20.7. The van der Waals surface area contributed by atoms with Crippen LogP contribution < -0.4 is 10.0 Å². The highest BCUT2D eigenvalue weighted by atomic mass is 35.5. The molecule has 3 rings (SSSR count). The van der Waals surface area contributed by atoms with Gasteiger partial charge in [0.1, 0.15) is 0 Å². The number of aromatic nitrogens is 1. The third kappa shape index (κ3) is 5.72. The van der Waals surface area contributed by atoms with E-state index in [9.17, 15) is 8.42 Å². The number of sulfonamides is 1. The molecule has 1 heterocycles. The Bertz CT molecular complexity index is 772. The van der Waals surface area contributed by atoms with E-state index in [0.717, 1.165) is 49.4 Å². The predicted octanol–water partition coefficient (Wildman–Crippen LogP) is 3.67. The molecule has 1 aromatic heterocycles. The van der Waals surface area contributed by atoms with E-state index in [1.54, 1.807) is 6.92 Å². The minimum Gasteiger partial charge on any atom is -0.367 e. The van der Waals surface area contributed by atoms with Gasteiger partial charge in [-0.2, -0.15) is 0 Å². The summed E-state index contributed by atoms with van der Waals surface area (Å²) in [7, 11) is -3.10. The van der Waals surface area contributed by atoms with E-state index >= 15 is 0 Å². The SMILES string of the molecule is CCS(=O)(=O)NC1CCC(CNc2cc(-c3ccccc3)on2)CC1.Cl. The van der Waals surface area contributed by atoms with Gasteiger partial charge in [0, 0.05) is 24.2 Å². The number of halogens is 1. The maximum Gasteiger partial charge on any atom is 0.211 e. The van der Waals surface area contributed by atoms with Gasteiger partial charge in [0.25, 0.3) is 0 Å². The second kappa shape index (κ2) is 9.39. The number of anilines is 1. The van der Waals surface area contributed by atoms with Gasteiger partial charge in [-0.3, -0.25) is 0 Å². The molecule has 0 radical (unpaired) electrons. The van der Waals surface area contributed by atoms with Crippen molar-refractivity contribution in [3.63, 3.8) is 0 Å². The lowest BCUT2D eigenvalue weighted by Gasteiger charge is -2.28. The molecule has 144 valence electrons. The van der Waals surface area contributed by atoms with Crippen LogP contribution in [0.15, 0.2) is 40.9 Å². The molecule has 0 atom stereocenters. The second-order valence-electron chi connectivity index (χ2n) is 6.56. The van der Waals surface area contributed by atoms with E-state index in [1.165, 1.54) is 0 Å². The highest BCUT2D eigenvalue weighted by Crippen LogP contribution is 2.26. The molecule has 0 saturated heterocycles. The molecule has 8 heteroatoms. The molecule has 1 aliphatic carbocycles. The van der Waals surface area contributed by atoms with Crippen LogP contribution in [0.1, 0.15) is 32.6 Å². The maximum absolute atomic E-state index is 11.6. The molecule has 0 aliphatic heterocycles. The zero-order chi connectivity index (χ0) is 17.7. The van der Waals surface area contributed by atoms with Crippen LogP contribution in [-0.4, -0.2) is 31.9 Å². The van der Waals surface area contributed by atoms with Gasteiger partial charge in [-0.25, -0.2) is 13.1 Å². The summed E-state index contributed by atoms with van der Waals surface area (Å²) in [6.07, 6.45) is 3.79. The van der Waals surface area contributed by atoms with Crippen molar-refractivity contribution < 1.29 is 12.9 Å². The normalized spacial score (nSPS) is 20.3. The van der Waals surface area contributed by atoms with E-state index in [-0.39, 0.29) is 24.2 Å². The van der Waals surface area contributed by atoms with Gasteiger partial charge >= 0.3 is 0 Å². The summed E-state index contributed by atoms with van der Waals surface area (Å²) in [5.74, 6) is 2.16. The summed E-state index contributed by atoms with van der Waals surface area (Å²) in [6.45, 7) is 2.49. The highest BCUT2D eigenvalue weighted by Gasteiger charge is 2.24. The number of nitrogens with zero attached hydrogens (tertiary/aromatic N) is 1. The lowest BCUT2D eigenvalue weighted by atomic mass is 9.86.